The van der Waals surface area contributed by atoms with Crippen LogP contribution < -0.4 is 5.32 Å². The van der Waals surface area contributed by atoms with Crippen LogP contribution in [0.5, 0.6) is 0 Å². The minimum Gasteiger partial charge on any atom is -0.353 e. The number of hydrogen-bond acceptors (Lipinski definition) is 4. The van der Waals surface area contributed by atoms with Crippen molar-refractivity contribution in [2.24, 2.45) is 0 Å². The molecule has 2 aromatic rings. The average Bonchev–Trinajstić information content (AvgIpc) is 2.42. The summed E-state index contributed by atoms with van der Waals surface area (Å²) in [5, 5.41) is 23.3. The Balaban J connectivity index is 2.39. The van der Waals surface area contributed by atoms with Crippen LogP contribution in [0.25, 0.3) is 0 Å². The second-order valence-corrected chi connectivity index (χ2v) is 4.61. The Morgan fingerprint density at radius 1 is 1.25 bits per heavy atom. The number of rotatable bonds is 3. The van der Waals surface area contributed by atoms with Crippen LogP contribution in [-0.4, -0.2) is 4.92 Å². The van der Waals surface area contributed by atoms with Gasteiger partial charge in [0, 0.05) is 12.1 Å². The van der Waals surface area contributed by atoms with Gasteiger partial charge < -0.3 is 5.32 Å². The van der Waals surface area contributed by atoms with Gasteiger partial charge in [-0.15, -0.1) is 0 Å². The summed E-state index contributed by atoms with van der Waals surface area (Å²) < 4.78 is 0. The molecule has 20 heavy (non-hydrogen) atoms. The lowest BCUT2D eigenvalue weighted by Crippen LogP contribution is -1.96. The number of nitro groups is 1. The van der Waals surface area contributed by atoms with Gasteiger partial charge in [-0.25, -0.2) is 0 Å². The zero-order chi connectivity index (χ0) is 14.7. The molecule has 0 aliphatic heterocycles. The fourth-order valence-corrected chi connectivity index (χ4v) is 2.00. The van der Waals surface area contributed by atoms with Crippen LogP contribution >= 0.6 is 11.6 Å². The minimum atomic E-state index is -0.538. The maximum absolute atomic E-state index is 10.7. The third-order valence-corrected chi connectivity index (χ3v) is 3.04. The van der Waals surface area contributed by atoms with Crippen LogP contribution in [0.15, 0.2) is 36.4 Å². The predicted octanol–water partition coefficient (Wildman–Crippen LogP) is 4.17. The molecule has 0 fully saturated rings. The quantitative estimate of drug-likeness (QED) is 0.678. The van der Waals surface area contributed by atoms with E-state index in [1.54, 1.807) is 12.1 Å². The summed E-state index contributed by atoms with van der Waals surface area (Å²) >= 11 is 6.10. The minimum absolute atomic E-state index is 0.123. The first-order chi connectivity index (χ1) is 9.51. The number of nitrogens with one attached hydrogen (secondary N) is 1. The Kier molecular flexibility index (Phi) is 3.87. The van der Waals surface area contributed by atoms with E-state index in [-0.39, 0.29) is 11.3 Å². The Morgan fingerprint density at radius 3 is 2.55 bits per heavy atom. The van der Waals surface area contributed by atoms with E-state index in [9.17, 15) is 10.1 Å². The van der Waals surface area contributed by atoms with E-state index in [4.69, 9.17) is 16.9 Å². The highest BCUT2D eigenvalue weighted by Gasteiger charge is 2.11. The molecule has 2 aromatic carbocycles. The number of aryl methyl sites for hydroxylation is 1. The Morgan fingerprint density at radius 2 is 1.95 bits per heavy atom. The molecule has 0 unspecified atom stereocenters. The summed E-state index contributed by atoms with van der Waals surface area (Å²) in [4.78, 5) is 10.1. The van der Waals surface area contributed by atoms with Crippen molar-refractivity contribution in [1.82, 2.24) is 0 Å². The van der Waals surface area contributed by atoms with Gasteiger partial charge in [0.15, 0.2) is 0 Å². The lowest BCUT2D eigenvalue weighted by atomic mass is 10.1. The van der Waals surface area contributed by atoms with Gasteiger partial charge in [0.05, 0.1) is 26.9 Å². The topological polar surface area (TPSA) is 79.0 Å². The van der Waals surface area contributed by atoms with E-state index in [0.717, 1.165) is 5.56 Å². The first kappa shape index (κ1) is 13.8. The number of nitriles is 1. The van der Waals surface area contributed by atoms with Gasteiger partial charge in [-0.1, -0.05) is 17.7 Å². The standard InChI is InChI=1S/C14H10ClN3O2/c1-9-2-4-14(12(15)6-9)17-13-5-3-11(18(19)20)7-10(13)8-16/h2-7,17H,1H3. The molecule has 0 bridgehead atoms. The molecule has 0 atom stereocenters. The second kappa shape index (κ2) is 5.59. The SMILES string of the molecule is Cc1ccc(Nc2ccc([N+](=O)[O-])cc2C#N)c(Cl)c1. The smallest absolute Gasteiger partial charge is 0.270 e. The van der Waals surface area contributed by atoms with Gasteiger partial charge in [-0.2, -0.15) is 5.26 Å². The maximum atomic E-state index is 10.7. The lowest BCUT2D eigenvalue weighted by molar-refractivity contribution is -0.384. The Bertz CT molecular complexity index is 723. The van der Waals surface area contributed by atoms with Crippen LogP contribution in [-0.2, 0) is 0 Å². The van der Waals surface area contributed by atoms with Crippen molar-refractivity contribution >= 4 is 28.7 Å². The third kappa shape index (κ3) is 2.87. The highest BCUT2D eigenvalue weighted by molar-refractivity contribution is 6.33. The molecule has 0 aromatic heterocycles. The molecule has 6 heteroatoms. The zero-order valence-corrected chi connectivity index (χ0v) is 11.3. The number of halogens is 1. The molecule has 0 radical (unpaired) electrons. The van der Waals surface area contributed by atoms with Crippen molar-refractivity contribution in [3.05, 3.63) is 62.7 Å². The number of nitrogens with zero attached hydrogens (tertiary/aromatic N) is 2. The van der Waals surface area contributed by atoms with Gasteiger partial charge in [-0.3, -0.25) is 10.1 Å². The van der Waals surface area contributed by atoms with E-state index in [0.29, 0.717) is 16.4 Å². The second-order valence-electron chi connectivity index (χ2n) is 4.21. The van der Waals surface area contributed by atoms with Crippen molar-refractivity contribution in [1.29, 1.82) is 5.26 Å². The maximum Gasteiger partial charge on any atom is 0.270 e. The number of non-ortho nitro benzene ring substituents is 1. The summed E-state index contributed by atoms with van der Waals surface area (Å²) in [5.41, 5.74) is 2.20. The van der Waals surface area contributed by atoms with Crippen molar-refractivity contribution in [2.75, 3.05) is 5.32 Å². The average molecular weight is 288 g/mol. The summed E-state index contributed by atoms with van der Waals surface area (Å²) in [7, 11) is 0. The summed E-state index contributed by atoms with van der Waals surface area (Å²) in [6.07, 6.45) is 0. The van der Waals surface area contributed by atoms with Crippen LogP contribution in [0.1, 0.15) is 11.1 Å². The highest BCUT2D eigenvalue weighted by atomic mass is 35.5. The van der Waals surface area contributed by atoms with Crippen molar-refractivity contribution in [3.8, 4) is 6.07 Å². The molecular formula is C14H10ClN3O2. The number of hydrogen-bond donors (Lipinski definition) is 1. The largest absolute Gasteiger partial charge is 0.353 e. The Hall–Kier alpha value is -2.58. The molecule has 0 saturated carbocycles. The van der Waals surface area contributed by atoms with Crippen LogP contribution in [0.3, 0.4) is 0 Å². The van der Waals surface area contributed by atoms with E-state index in [2.05, 4.69) is 5.32 Å². The monoisotopic (exact) mass is 287 g/mol. The third-order valence-electron chi connectivity index (χ3n) is 2.73. The molecular weight excluding hydrogens is 278 g/mol. The predicted molar refractivity (Wildman–Crippen MR) is 77.3 cm³/mol. The zero-order valence-electron chi connectivity index (χ0n) is 10.6. The van der Waals surface area contributed by atoms with Crippen molar-refractivity contribution in [2.45, 2.75) is 6.92 Å². The Labute approximate surface area is 120 Å². The van der Waals surface area contributed by atoms with E-state index in [1.807, 2.05) is 19.1 Å². The van der Waals surface area contributed by atoms with Gasteiger partial charge in [0.25, 0.3) is 5.69 Å². The molecule has 0 amide bonds. The first-order valence-corrected chi connectivity index (χ1v) is 6.11. The molecule has 1 N–H and O–H groups in total. The number of benzene rings is 2. The van der Waals surface area contributed by atoms with Crippen LogP contribution in [0.2, 0.25) is 5.02 Å². The fraction of sp³-hybridized carbons (Fsp3) is 0.0714. The normalized spacial score (nSPS) is 9.85. The van der Waals surface area contributed by atoms with Crippen molar-refractivity contribution in [3.63, 3.8) is 0 Å². The summed E-state index contributed by atoms with van der Waals surface area (Å²) in [6.45, 7) is 1.92. The van der Waals surface area contributed by atoms with E-state index < -0.39 is 4.92 Å². The summed E-state index contributed by atoms with van der Waals surface area (Å²) in [6, 6.07) is 11.5. The van der Waals surface area contributed by atoms with Gasteiger partial charge in [0.1, 0.15) is 6.07 Å². The fourth-order valence-electron chi connectivity index (χ4n) is 1.71. The molecule has 0 heterocycles. The molecule has 5 nitrogen and oxygen atoms in total. The first-order valence-electron chi connectivity index (χ1n) is 5.73. The molecule has 0 aliphatic carbocycles. The van der Waals surface area contributed by atoms with Gasteiger partial charge in [0.2, 0.25) is 0 Å². The lowest BCUT2D eigenvalue weighted by Gasteiger charge is -2.10. The molecule has 2 rings (SSSR count). The molecule has 100 valence electrons. The number of nitro benzene ring substituents is 1. The van der Waals surface area contributed by atoms with Gasteiger partial charge in [-0.05, 0) is 30.7 Å². The van der Waals surface area contributed by atoms with Crippen molar-refractivity contribution < 1.29 is 4.92 Å². The molecule has 0 aliphatic rings. The van der Waals surface area contributed by atoms with E-state index in [1.165, 1.54) is 18.2 Å². The highest BCUT2D eigenvalue weighted by Crippen LogP contribution is 2.29. The van der Waals surface area contributed by atoms with Crippen LogP contribution in [0, 0.1) is 28.4 Å². The number of anilines is 2. The summed E-state index contributed by atoms with van der Waals surface area (Å²) in [5.74, 6) is 0. The molecule has 0 spiro atoms. The van der Waals surface area contributed by atoms with Crippen LogP contribution in [0.4, 0.5) is 17.1 Å². The van der Waals surface area contributed by atoms with Gasteiger partial charge >= 0.3 is 0 Å². The molecule has 0 saturated heterocycles. The van der Waals surface area contributed by atoms with E-state index >= 15 is 0 Å².